The van der Waals surface area contributed by atoms with Crippen molar-refractivity contribution in [2.45, 2.75) is 19.4 Å². The number of carbonyl (C=O) groups excluding carboxylic acids is 2. The maximum atomic E-state index is 13.7. The monoisotopic (exact) mass is 280 g/mol. The molecule has 1 aliphatic heterocycles. The number of esters is 1. The highest BCUT2D eigenvalue weighted by Crippen LogP contribution is 2.21. The minimum Gasteiger partial charge on any atom is -0.465 e. The van der Waals surface area contributed by atoms with Crippen LogP contribution in [-0.4, -0.2) is 31.6 Å². The average molecular weight is 280 g/mol. The van der Waals surface area contributed by atoms with E-state index in [0.29, 0.717) is 6.42 Å². The zero-order chi connectivity index (χ0) is 14.7. The van der Waals surface area contributed by atoms with E-state index in [9.17, 15) is 14.0 Å². The molecule has 1 amide bonds. The molecule has 0 saturated carbocycles. The van der Waals surface area contributed by atoms with Crippen molar-refractivity contribution < 1.29 is 18.7 Å². The fourth-order valence-corrected chi connectivity index (χ4v) is 2.31. The lowest BCUT2D eigenvalue weighted by molar-refractivity contribution is -0.120. The Morgan fingerprint density at radius 3 is 2.80 bits per heavy atom. The van der Waals surface area contributed by atoms with Crippen molar-refractivity contribution >= 4 is 17.6 Å². The zero-order valence-electron chi connectivity index (χ0n) is 11.4. The maximum Gasteiger partial charge on any atom is 0.337 e. The smallest absolute Gasteiger partial charge is 0.337 e. The quantitative estimate of drug-likeness (QED) is 0.824. The minimum absolute atomic E-state index is 0.00278. The summed E-state index contributed by atoms with van der Waals surface area (Å²) in [4.78, 5) is 23.5. The number of amides is 1. The minimum atomic E-state index is -0.579. The van der Waals surface area contributed by atoms with E-state index in [1.165, 1.54) is 19.2 Å². The molecule has 5 nitrogen and oxygen atoms in total. The van der Waals surface area contributed by atoms with Crippen LogP contribution in [0.5, 0.6) is 0 Å². The fraction of sp³-hybridized carbons (Fsp3) is 0.429. The average Bonchev–Trinajstić information content (AvgIpc) is 2.86. The van der Waals surface area contributed by atoms with Crippen LogP contribution in [0, 0.1) is 11.7 Å². The number of carbonyl (C=O) groups is 2. The molecule has 0 aromatic heterocycles. The van der Waals surface area contributed by atoms with Gasteiger partial charge in [-0.05, 0) is 38.1 Å². The van der Waals surface area contributed by atoms with E-state index in [4.69, 9.17) is 0 Å². The molecule has 1 fully saturated rings. The van der Waals surface area contributed by atoms with Crippen LogP contribution in [0.25, 0.3) is 0 Å². The number of ether oxygens (including phenoxy) is 1. The highest BCUT2D eigenvalue weighted by atomic mass is 19.1. The highest BCUT2D eigenvalue weighted by Gasteiger charge is 2.29. The molecule has 2 rings (SSSR count). The third kappa shape index (κ3) is 2.96. The Balaban J connectivity index is 2.16. The molecule has 1 aromatic rings. The molecular formula is C14H17FN2O3. The van der Waals surface area contributed by atoms with Crippen molar-refractivity contribution in [2.24, 2.45) is 5.92 Å². The first-order valence-corrected chi connectivity index (χ1v) is 6.45. The number of benzene rings is 1. The molecule has 0 aliphatic carbocycles. The van der Waals surface area contributed by atoms with Crippen LogP contribution in [0.3, 0.4) is 0 Å². The predicted molar refractivity (Wildman–Crippen MR) is 71.9 cm³/mol. The maximum absolute atomic E-state index is 13.7. The second kappa shape index (κ2) is 6.00. The number of rotatable bonds is 3. The molecule has 2 unspecified atom stereocenters. The van der Waals surface area contributed by atoms with E-state index in [0.717, 1.165) is 12.6 Å². The molecule has 1 heterocycles. The van der Waals surface area contributed by atoms with Crippen molar-refractivity contribution in [3.05, 3.63) is 29.6 Å². The lowest BCUT2D eigenvalue weighted by atomic mass is 10.0. The van der Waals surface area contributed by atoms with Gasteiger partial charge in [0.2, 0.25) is 5.91 Å². The van der Waals surface area contributed by atoms with Crippen LogP contribution < -0.4 is 10.6 Å². The van der Waals surface area contributed by atoms with Gasteiger partial charge in [0.25, 0.3) is 0 Å². The normalized spacial score (nSPS) is 21.6. The predicted octanol–water partition coefficient (Wildman–Crippen LogP) is 1.55. The van der Waals surface area contributed by atoms with Gasteiger partial charge in [0, 0.05) is 6.04 Å². The summed E-state index contributed by atoms with van der Waals surface area (Å²) in [7, 11) is 1.25. The van der Waals surface area contributed by atoms with Crippen LogP contribution in [0.4, 0.5) is 10.1 Å². The number of hydrogen-bond acceptors (Lipinski definition) is 4. The zero-order valence-corrected chi connectivity index (χ0v) is 11.4. The van der Waals surface area contributed by atoms with Crippen molar-refractivity contribution in [3.63, 3.8) is 0 Å². The number of anilines is 1. The molecule has 0 bridgehead atoms. The summed E-state index contributed by atoms with van der Waals surface area (Å²) in [5, 5.41) is 5.70. The van der Waals surface area contributed by atoms with Gasteiger partial charge in [0.05, 0.1) is 24.3 Å². The topological polar surface area (TPSA) is 67.4 Å². The summed E-state index contributed by atoms with van der Waals surface area (Å²) < 4.78 is 18.3. The van der Waals surface area contributed by atoms with Gasteiger partial charge in [-0.1, -0.05) is 0 Å². The molecule has 6 heteroatoms. The fourth-order valence-electron chi connectivity index (χ4n) is 2.31. The first-order chi connectivity index (χ1) is 9.52. The van der Waals surface area contributed by atoms with Gasteiger partial charge >= 0.3 is 5.97 Å². The summed E-state index contributed by atoms with van der Waals surface area (Å²) in [6.45, 7) is 2.68. The summed E-state index contributed by atoms with van der Waals surface area (Å²) >= 11 is 0. The standard InChI is InChI=1S/C14H17FN2O3/c1-8-10(5-6-16-8)13(18)17-12-7-9(14(19)20-2)3-4-11(12)15/h3-4,7-8,10,16H,5-6H2,1-2H3,(H,17,18). The number of hydrogen-bond donors (Lipinski definition) is 2. The Labute approximate surface area is 116 Å². The lowest BCUT2D eigenvalue weighted by Crippen LogP contribution is -2.32. The Morgan fingerprint density at radius 1 is 1.45 bits per heavy atom. The second-order valence-corrected chi connectivity index (χ2v) is 4.81. The summed E-state index contributed by atoms with van der Waals surface area (Å²) in [5.41, 5.74) is 0.193. The molecule has 0 spiro atoms. The van der Waals surface area contributed by atoms with Gasteiger partial charge in [0.1, 0.15) is 5.82 Å². The Kier molecular flexibility index (Phi) is 4.34. The molecule has 20 heavy (non-hydrogen) atoms. The Hall–Kier alpha value is -1.95. The van der Waals surface area contributed by atoms with Gasteiger partial charge in [-0.3, -0.25) is 4.79 Å². The summed E-state index contributed by atoms with van der Waals surface area (Å²) in [5.74, 6) is -1.60. The first-order valence-electron chi connectivity index (χ1n) is 6.45. The van der Waals surface area contributed by atoms with Crippen molar-refractivity contribution in [1.29, 1.82) is 0 Å². The van der Waals surface area contributed by atoms with Crippen molar-refractivity contribution in [1.82, 2.24) is 5.32 Å². The number of nitrogens with one attached hydrogen (secondary N) is 2. The van der Waals surface area contributed by atoms with E-state index in [1.807, 2.05) is 6.92 Å². The molecule has 2 atom stereocenters. The van der Waals surface area contributed by atoms with Gasteiger partial charge in [0.15, 0.2) is 0 Å². The molecule has 0 radical (unpaired) electrons. The summed E-state index contributed by atoms with van der Waals surface area (Å²) in [6, 6.07) is 3.79. The van der Waals surface area contributed by atoms with Gasteiger partial charge in [-0.15, -0.1) is 0 Å². The van der Waals surface area contributed by atoms with Crippen molar-refractivity contribution in [2.75, 3.05) is 19.0 Å². The molecule has 108 valence electrons. The second-order valence-electron chi connectivity index (χ2n) is 4.81. The Bertz CT molecular complexity index is 533. The van der Waals surface area contributed by atoms with E-state index < -0.39 is 11.8 Å². The molecule has 2 N–H and O–H groups in total. The van der Waals surface area contributed by atoms with Gasteiger partial charge in [-0.25, -0.2) is 9.18 Å². The molecular weight excluding hydrogens is 263 g/mol. The molecule has 1 aliphatic rings. The van der Waals surface area contributed by atoms with Crippen LogP contribution in [0.15, 0.2) is 18.2 Å². The van der Waals surface area contributed by atoms with Gasteiger partial charge in [-0.2, -0.15) is 0 Å². The molecule has 1 saturated heterocycles. The highest BCUT2D eigenvalue weighted by molar-refractivity contribution is 5.96. The molecule has 1 aromatic carbocycles. The van der Waals surface area contributed by atoms with Crippen LogP contribution >= 0.6 is 0 Å². The van der Waals surface area contributed by atoms with Crippen molar-refractivity contribution in [3.8, 4) is 0 Å². The first kappa shape index (κ1) is 14.5. The third-order valence-electron chi connectivity index (χ3n) is 3.51. The van der Waals surface area contributed by atoms with Crippen LogP contribution in [-0.2, 0) is 9.53 Å². The van der Waals surface area contributed by atoms with E-state index >= 15 is 0 Å². The van der Waals surface area contributed by atoms with E-state index in [2.05, 4.69) is 15.4 Å². The third-order valence-corrected chi connectivity index (χ3v) is 3.51. The van der Waals surface area contributed by atoms with Crippen LogP contribution in [0.2, 0.25) is 0 Å². The number of methoxy groups -OCH3 is 1. The lowest BCUT2D eigenvalue weighted by Gasteiger charge is -2.15. The van der Waals surface area contributed by atoms with E-state index in [-0.39, 0.29) is 29.1 Å². The SMILES string of the molecule is COC(=O)c1ccc(F)c(NC(=O)C2CCNC2C)c1. The van der Waals surface area contributed by atoms with Gasteiger partial charge < -0.3 is 15.4 Å². The van der Waals surface area contributed by atoms with E-state index in [1.54, 1.807) is 0 Å². The van der Waals surface area contributed by atoms with Crippen LogP contribution in [0.1, 0.15) is 23.7 Å². The largest absolute Gasteiger partial charge is 0.465 e. The summed E-state index contributed by atoms with van der Waals surface area (Å²) in [6.07, 6.45) is 0.714. The number of halogens is 1. The Morgan fingerprint density at radius 2 is 2.20 bits per heavy atom.